The van der Waals surface area contributed by atoms with E-state index in [2.05, 4.69) is 15.0 Å². The molecule has 1 saturated heterocycles. The summed E-state index contributed by atoms with van der Waals surface area (Å²) in [6.07, 6.45) is 0. The van der Waals surface area contributed by atoms with Gasteiger partial charge in [0.25, 0.3) is 11.8 Å². The summed E-state index contributed by atoms with van der Waals surface area (Å²) in [6.45, 7) is 3.14. The van der Waals surface area contributed by atoms with Gasteiger partial charge in [-0.05, 0) is 55.6 Å². The number of rotatable bonds is 4. The van der Waals surface area contributed by atoms with Crippen LogP contribution in [0.5, 0.6) is 0 Å². The average Bonchev–Trinajstić information content (AvgIpc) is 2.74. The van der Waals surface area contributed by atoms with Crippen LogP contribution in [0.25, 0.3) is 0 Å². The lowest BCUT2D eigenvalue weighted by Crippen LogP contribution is -2.47. The topological polar surface area (TPSA) is 78.9 Å². The summed E-state index contributed by atoms with van der Waals surface area (Å²) in [4.78, 5) is 40.4. The molecule has 1 aliphatic heterocycles. The third-order valence-electron chi connectivity index (χ3n) is 4.75. The van der Waals surface area contributed by atoms with E-state index in [-0.39, 0.29) is 11.8 Å². The van der Waals surface area contributed by atoms with E-state index in [1.165, 1.54) is 7.11 Å². The van der Waals surface area contributed by atoms with Gasteiger partial charge in [-0.2, -0.15) is 0 Å². The molecule has 1 aliphatic rings. The van der Waals surface area contributed by atoms with Gasteiger partial charge in [-0.3, -0.25) is 9.59 Å². The first kappa shape index (κ1) is 19.6. The minimum atomic E-state index is -0.432. The predicted octanol–water partition coefficient (Wildman–Crippen LogP) is 2.11. The zero-order valence-corrected chi connectivity index (χ0v) is 16.0. The molecular weight excluding hydrogens is 358 g/mol. The number of hydrogen-bond acceptors (Lipinski definition) is 5. The van der Waals surface area contributed by atoms with Crippen LogP contribution in [-0.4, -0.2) is 67.9 Å². The Morgan fingerprint density at radius 3 is 1.93 bits per heavy atom. The number of nitrogens with one attached hydrogen (secondary N) is 1. The van der Waals surface area contributed by atoms with Gasteiger partial charge in [0.15, 0.2) is 0 Å². The van der Waals surface area contributed by atoms with E-state index >= 15 is 0 Å². The maximum atomic E-state index is 12.6. The molecule has 3 rings (SSSR count). The van der Waals surface area contributed by atoms with E-state index in [1.807, 2.05) is 11.9 Å². The molecule has 0 saturated carbocycles. The molecule has 2 aromatic carbocycles. The summed E-state index contributed by atoms with van der Waals surface area (Å²) in [5, 5.41) is 2.77. The van der Waals surface area contributed by atoms with Gasteiger partial charge in [-0.1, -0.05) is 0 Å². The Bertz CT molecular complexity index is 854. The van der Waals surface area contributed by atoms with E-state index in [0.717, 1.165) is 13.1 Å². The average molecular weight is 381 g/mol. The van der Waals surface area contributed by atoms with Crippen molar-refractivity contribution in [2.24, 2.45) is 0 Å². The second-order valence-electron chi connectivity index (χ2n) is 6.70. The number of amides is 2. The van der Waals surface area contributed by atoms with Crippen molar-refractivity contribution in [1.29, 1.82) is 0 Å². The highest BCUT2D eigenvalue weighted by molar-refractivity contribution is 6.05. The van der Waals surface area contributed by atoms with Gasteiger partial charge >= 0.3 is 5.97 Å². The van der Waals surface area contributed by atoms with Crippen LogP contribution < -0.4 is 5.32 Å². The minimum Gasteiger partial charge on any atom is -0.465 e. The van der Waals surface area contributed by atoms with Crippen LogP contribution in [0.1, 0.15) is 31.1 Å². The van der Waals surface area contributed by atoms with Crippen molar-refractivity contribution in [2.45, 2.75) is 0 Å². The second-order valence-corrected chi connectivity index (χ2v) is 6.70. The summed E-state index contributed by atoms with van der Waals surface area (Å²) in [5.41, 5.74) is 2.00. The second kappa shape index (κ2) is 8.67. The molecule has 0 spiro atoms. The molecule has 2 aromatic rings. The third kappa shape index (κ3) is 4.55. The maximum absolute atomic E-state index is 12.6. The fraction of sp³-hybridized carbons (Fsp3) is 0.286. The Balaban J connectivity index is 1.62. The van der Waals surface area contributed by atoms with Crippen LogP contribution in [0.3, 0.4) is 0 Å². The molecule has 2 amide bonds. The predicted molar refractivity (Wildman–Crippen MR) is 106 cm³/mol. The van der Waals surface area contributed by atoms with Gasteiger partial charge in [-0.25, -0.2) is 4.79 Å². The lowest BCUT2D eigenvalue weighted by atomic mass is 10.1. The monoisotopic (exact) mass is 381 g/mol. The molecule has 0 bridgehead atoms. The van der Waals surface area contributed by atoms with Crippen molar-refractivity contribution < 1.29 is 19.1 Å². The molecule has 1 fully saturated rings. The molecule has 0 atom stereocenters. The molecule has 1 heterocycles. The smallest absolute Gasteiger partial charge is 0.337 e. The van der Waals surface area contributed by atoms with Crippen LogP contribution >= 0.6 is 0 Å². The summed E-state index contributed by atoms with van der Waals surface area (Å²) >= 11 is 0. The minimum absolute atomic E-state index is 0.0153. The maximum Gasteiger partial charge on any atom is 0.337 e. The number of piperazine rings is 1. The summed E-state index contributed by atoms with van der Waals surface area (Å²) < 4.78 is 4.65. The number of carbonyl (C=O) groups excluding carboxylic acids is 3. The number of methoxy groups -OCH3 is 1. The number of ether oxygens (including phenoxy) is 1. The van der Waals surface area contributed by atoms with Gasteiger partial charge in [0, 0.05) is 43.0 Å². The van der Waals surface area contributed by atoms with E-state index in [9.17, 15) is 14.4 Å². The number of benzene rings is 2. The SMILES string of the molecule is COC(=O)c1ccc(NC(=O)c2ccc(C(=O)N3CCN(C)CC3)cc2)cc1. The van der Waals surface area contributed by atoms with Crippen molar-refractivity contribution in [3.63, 3.8) is 0 Å². The zero-order valence-electron chi connectivity index (χ0n) is 16.0. The molecule has 0 unspecified atom stereocenters. The first-order chi connectivity index (χ1) is 13.5. The van der Waals surface area contributed by atoms with Crippen LogP contribution in [0.15, 0.2) is 48.5 Å². The summed E-state index contributed by atoms with van der Waals surface area (Å²) in [5.74, 6) is -0.735. The van der Waals surface area contributed by atoms with Crippen molar-refractivity contribution in [2.75, 3.05) is 45.7 Å². The Labute approximate surface area is 163 Å². The summed E-state index contributed by atoms with van der Waals surface area (Å²) in [7, 11) is 3.36. The molecule has 0 radical (unpaired) electrons. The summed E-state index contributed by atoms with van der Waals surface area (Å²) in [6, 6.07) is 13.1. The van der Waals surface area contributed by atoms with Crippen LogP contribution in [-0.2, 0) is 4.74 Å². The molecule has 0 aromatic heterocycles. The number of likely N-dealkylation sites (N-methyl/N-ethyl adjacent to an activating group) is 1. The highest BCUT2D eigenvalue weighted by Crippen LogP contribution is 2.14. The fourth-order valence-corrected chi connectivity index (χ4v) is 2.97. The first-order valence-electron chi connectivity index (χ1n) is 9.05. The lowest BCUT2D eigenvalue weighted by molar-refractivity contribution is 0.0599. The third-order valence-corrected chi connectivity index (χ3v) is 4.75. The molecule has 28 heavy (non-hydrogen) atoms. The molecule has 7 heteroatoms. The Morgan fingerprint density at radius 1 is 0.821 bits per heavy atom. The fourth-order valence-electron chi connectivity index (χ4n) is 2.97. The Hall–Kier alpha value is -3.19. The highest BCUT2D eigenvalue weighted by Gasteiger charge is 2.20. The van der Waals surface area contributed by atoms with Gasteiger partial charge in [0.2, 0.25) is 0 Å². The molecular formula is C21H23N3O4. The molecule has 1 N–H and O–H groups in total. The number of anilines is 1. The van der Waals surface area contributed by atoms with E-state index in [0.29, 0.717) is 35.5 Å². The van der Waals surface area contributed by atoms with Crippen LogP contribution in [0.2, 0.25) is 0 Å². The van der Waals surface area contributed by atoms with Gasteiger partial charge < -0.3 is 19.9 Å². The number of nitrogens with zero attached hydrogens (tertiary/aromatic N) is 2. The van der Waals surface area contributed by atoms with Gasteiger partial charge in [-0.15, -0.1) is 0 Å². The zero-order chi connectivity index (χ0) is 20.1. The Morgan fingerprint density at radius 2 is 1.36 bits per heavy atom. The van der Waals surface area contributed by atoms with E-state index in [4.69, 9.17) is 0 Å². The van der Waals surface area contributed by atoms with Crippen molar-refractivity contribution >= 4 is 23.5 Å². The normalized spacial score (nSPS) is 14.4. The standard InChI is InChI=1S/C21H23N3O4/c1-23-11-13-24(14-12-23)20(26)16-5-3-15(4-6-16)19(25)22-18-9-7-17(8-10-18)21(27)28-2/h3-10H,11-14H2,1-2H3,(H,22,25). The van der Waals surface area contributed by atoms with Crippen LogP contribution in [0.4, 0.5) is 5.69 Å². The Kier molecular flexibility index (Phi) is 6.06. The largest absolute Gasteiger partial charge is 0.465 e. The van der Waals surface area contributed by atoms with Crippen LogP contribution in [0, 0.1) is 0 Å². The van der Waals surface area contributed by atoms with Crippen molar-refractivity contribution in [3.8, 4) is 0 Å². The number of hydrogen-bond donors (Lipinski definition) is 1. The van der Waals surface area contributed by atoms with E-state index in [1.54, 1.807) is 48.5 Å². The van der Waals surface area contributed by atoms with Crippen molar-refractivity contribution in [1.82, 2.24) is 9.80 Å². The molecule has 146 valence electrons. The molecule has 7 nitrogen and oxygen atoms in total. The highest BCUT2D eigenvalue weighted by atomic mass is 16.5. The van der Waals surface area contributed by atoms with Crippen molar-refractivity contribution in [3.05, 3.63) is 65.2 Å². The first-order valence-corrected chi connectivity index (χ1v) is 9.05. The van der Waals surface area contributed by atoms with Gasteiger partial charge in [0.05, 0.1) is 12.7 Å². The number of carbonyl (C=O) groups is 3. The van der Waals surface area contributed by atoms with E-state index < -0.39 is 5.97 Å². The quantitative estimate of drug-likeness (QED) is 0.821. The molecule has 0 aliphatic carbocycles. The number of esters is 1. The van der Waals surface area contributed by atoms with Gasteiger partial charge in [0.1, 0.15) is 0 Å². The lowest BCUT2D eigenvalue weighted by Gasteiger charge is -2.32.